The van der Waals surface area contributed by atoms with Gasteiger partial charge in [-0.15, -0.1) is 0 Å². The van der Waals surface area contributed by atoms with E-state index >= 15 is 0 Å². The van der Waals surface area contributed by atoms with Gasteiger partial charge < -0.3 is 15.5 Å². The standard InChI is InChI=1S/C12H19N5O2/c1-2-3-4-11(18)19-16-12-14-6-5-10(15-12)17-7-9(13)8-17/h5-6,9H,2-4,7-8,13H2,1H3,(H,14,15,16). The maximum atomic E-state index is 11.3. The number of carbonyl (C=O) groups is 1. The SMILES string of the molecule is CCCCC(=O)ONc1nccc(N2CC(N)C2)n1. The molecule has 104 valence electrons. The largest absolute Gasteiger partial charge is 0.353 e. The van der Waals surface area contributed by atoms with Crippen molar-refractivity contribution in [1.82, 2.24) is 9.97 Å². The van der Waals surface area contributed by atoms with Gasteiger partial charge in [0.1, 0.15) is 5.82 Å². The minimum Gasteiger partial charge on any atom is -0.353 e. The third-order valence-electron chi connectivity index (χ3n) is 2.87. The van der Waals surface area contributed by atoms with Crippen molar-refractivity contribution in [3.8, 4) is 0 Å². The lowest BCUT2D eigenvalue weighted by atomic mass is 10.1. The summed E-state index contributed by atoms with van der Waals surface area (Å²) in [5, 5.41) is 0. The Morgan fingerprint density at radius 3 is 3.11 bits per heavy atom. The summed E-state index contributed by atoms with van der Waals surface area (Å²) < 4.78 is 0. The van der Waals surface area contributed by atoms with Crippen molar-refractivity contribution in [3.63, 3.8) is 0 Å². The summed E-state index contributed by atoms with van der Waals surface area (Å²) in [5.41, 5.74) is 8.20. The van der Waals surface area contributed by atoms with E-state index in [0.29, 0.717) is 6.42 Å². The van der Waals surface area contributed by atoms with Crippen molar-refractivity contribution in [2.75, 3.05) is 23.5 Å². The van der Waals surface area contributed by atoms with Crippen LogP contribution in [0.5, 0.6) is 0 Å². The lowest BCUT2D eigenvalue weighted by Crippen LogP contribution is -2.56. The smallest absolute Gasteiger partial charge is 0.332 e. The van der Waals surface area contributed by atoms with Crippen molar-refractivity contribution >= 4 is 17.7 Å². The first-order chi connectivity index (χ1) is 9.19. The van der Waals surface area contributed by atoms with Crippen LogP contribution in [-0.2, 0) is 9.63 Å². The van der Waals surface area contributed by atoms with Gasteiger partial charge in [-0.2, -0.15) is 10.5 Å². The number of unbranched alkanes of at least 4 members (excludes halogenated alkanes) is 1. The van der Waals surface area contributed by atoms with Gasteiger partial charge in [0.05, 0.1) is 0 Å². The van der Waals surface area contributed by atoms with Gasteiger partial charge >= 0.3 is 5.97 Å². The van der Waals surface area contributed by atoms with Crippen LogP contribution in [0.15, 0.2) is 12.3 Å². The molecule has 3 N–H and O–H groups in total. The van der Waals surface area contributed by atoms with Crippen LogP contribution in [0, 0.1) is 0 Å². The molecule has 1 fully saturated rings. The third-order valence-corrected chi connectivity index (χ3v) is 2.87. The molecular formula is C12H19N5O2. The molecule has 0 unspecified atom stereocenters. The number of nitrogens with zero attached hydrogens (tertiary/aromatic N) is 3. The van der Waals surface area contributed by atoms with Crippen LogP contribution in [0.2, 0.25) is 0 Å². The summed E-state index contributed by atoms with van der Waals surface area (Å²) in [7, 11) is 0. The first-order valence-electron chi connectivity index (χ1n) is 6.48. The molecule has 19 heavy (non-hydrogen) atoms. The van der Waals surface area contributed by atoms with E-state index in [4.69, 9.17) is 10.6 Å². The van der Waals surface area contributed by atoms with E-state index in [0.717, 1.165) is 31.7 Å². The highest BCUT2D eigenvalue weighted by Gasteiger charge is 2.24. The highest BCUT2D eigenvalue weighted by atomic mass is 16.7. The molecule has 7 nitrogen and oxygen atoms in total. The summed E-state index contributed by atoms with van der Waals surface area (Å²) in [6, 6.07) is 2.01. The molecule has 1 aromatic rings. The number of carbonyl (C=O) groups excluding carboxylic acids is 1. The molecule has 1 aliphatic heterocycles. The Balaban J connectivity index is 1.83. The molecule has 1 saturated heterocycles. The number of rotatable bonds is 6. The van der Waals surface area contributed by atoms with E-state index in [-0.39, 0.29) is 18.0 Å². The third kappa shape index (κ3) is 3.78. The predicted octanol–water partition coefficient (Wildman–Crippen LogP) is 0.684. The van der Waals surface area contributed by atoms with Crippen LogP contribution < -0.4 is 16.1 Å². The minimum absolute atomic E-state index is 0.207. The first kappa shape index (κ1) is 13.5. The highest BCUT2D eigenvalue weighted by Crippen LogP contribution is 2.17. The average Bonchev–Trinajstić information content (AvgIpc) is 2.39. The van der Waals surface area contributed by atoms with E-state index in [1.54, 1.807) is 12.3 Å². The molecule has 2 rings (SSSR count). The van der Waals surface area contributed by atoms with Crippen LogP contribution >= 0.6 is 0 Å². The van der Waals surface area contributed by atoms with E-state index in [2.05, 4.69) is 15.4 Å². The summed E-state index contributed by atoms with van der Waals surface area (Å²) in [6.45, 7) is 3.59. The Morgan fingerprint density at radius 1 is 1.63 bits per heavy atom. The van der Waals surface area contributed by atoms with E-state index < -0.39 is 0 Å². The topological polar surface area (TPSA) is 93.4 Å². The Bertz CT molecular complexity index is 434. The summed E-state index contributed by atoms with van der Waals surface area (Å²) in [5.74, 6) is 0.758. The van der Waals surface area contributed by atoms with Crippen LogP contribution in [0.4, 0.5) is 11.8 Å². The van der Waals surface area contributed by atoms with Crippen LogP contribution in [0.3, 0.4) is 0 Å². The molecule has 0 atom stereocenters. The number of hydrogen-bond donors (Lipinski definition) is 2. The molecule has 0 saturated carbocycles. The Labute approximate surface area is 112 Å². The minimum atomic E-state index is -0.304. The zero-order valence-electron chi connectivity index (χ0n) is 11.0. The highest BCUT2D eigenvalue weighted by molar-refractivity contribution is 5.70. The Hall–Kier alpha value is -1.89. The van der Waals surface area contributed by atoms with Crippen molar-refractivity contribution in [2.24, 2.45) is 5.73 Å². The fraction of sp³-hybridized carbons (Fsp3) is 0.583. The molecular weight excluding hydrogens is 246 g/mol. The second-order valence-electron chi connectivity index (χ2n) is 4.58. The molecule has 0 aliphatic carbocycles. The van der Waals surface area contributed by atoms with Gasteiger partial charge in [-0.25, -0.2) is 9.78 Å². The Kier molecular flexibility index (Phi) is 4.51. The van der Waals surface area contributed by atoms with E-state index in [1.807, 2.05) is 11.8 Å². The van der Waals surface area contributed by atoms with Crippen LogP contribution in [0.1, 0.15) is 26.2 Å². The average molecular weight is 265 g/mol. The maximum absolute atomic E-state index is 11.3. The fourth-order valence-corrected chi connectivity index (χ4v) is 1.75. The van der Waals surface area contributed by atoms with Crippen LogP contribution in [-0.4, -0.2) is 35.1 Å². The maximum Gasteiger partial charge on any atom is 0.332 e. The second-order valence-corrected chi connectivity index (χ2v) is 4.58. The fourth-order valence-electron chi connectivity index (χ4n) is 1.75. The number of aromatic nitrogens is 2. The molecule has 2 heterocycles. The number of anilines is 2. The zero-order valence-corrected chi connectivity index (χ0v) is 11.0. The van der Waals surface area contributed by atoms with Gasteiger partial charge in [0.2, 0.25) is 0 Å². The van der Waals surface area contributed by atoms with Gasteiger partial charge in [0, 0.05) is 31.7 Å². The number of nitrogens with one attached hydrogen (secondary N) is 1. The first-order valence-corrected chi connectivity index (χ1v) is 6.48. The van der Waals surface area contributed by atoms with Crippen molar-refractivity contribution in [1.29, 1.82) is 0 Å². The molecule has 0 spiro atoms. The van der Waals surface area contributed by atoms with E-state index in [9.17, 15) is 4.79 Å². The van der Waals surface area contributed by atoms with Gasteiger partial charge in [0.25, 0.3) is 5.95 Å². The van der Waals surface area contributed by atoms with Crippen molar-refractivity contribution < 1.29 is 9.63 Å². The lowest BCUT2D eigenvalue weighted by molar-refractivity contribution is -0.140. The van der Waals surface area contributed by atoms with Gasteiger partial charge in [-0.05, 0) is 12.5 Å². The van der Waals surface area contributed by atoms with Crippen molar-refractivity contribution in [2.45, 2.75) is 32.2 Å². The lowest BCUT2D eigenvalue weighted by Gasteiger charge is -2.37. The molecule has 7 heteroatoms. The molecule has 0 radical (unpaired) electrons. The summed E-state index contributed by atoms with van der Waals surface area (Å²) in [6.07, 6.45) is 3.78. The van der Waals surface area contributed by atoms with E-state index in [1.165, 1.54) is 0 Å². The normalized spacial score (nSPS) is 14.9. The van der Waals surface area contributed by atoms with Gasteiger partial charge in [0.15, 0.2) is 0 Å². The quantitative estimate of drug-likeness (QED) is 0.731. The van der Waals surface area contributed by atoms with Crippen molar-refractivity contribution in [3.05, 3.63) is 12.3 Å². The Morgan fingerprint density at radius 2 is 2.42 bits per heavy atom. The zero-order chi connectivity index (χ0) is 13.7. The molecule has 0 aromatic carbocycles. The predicted molar refractivity (Wildman–Crippen MR) is 71.5 cm³/mol. The van der Waals surface area contributed by atoms with Gasteiger partial charge in [-0.3, -0.25) is 0 Å². The molecule has 0 bridgehead atoms. The summed E-state index contributed by atoms with van der Waals surface area (Å²) in [4.78, 5) is 26.5. The number of nitrogens with two attached hydrogens (primary N) is 1. The second kappa shape index (κ2) is 6.33. The molecule has 0 amide bonds. The molecule has 1 aromatic heterocycles. The summed E-state index contributed by atoms with van der Waals surface area (Å²) >= 11 is 0. The number of hydrogen-bond acceptors (Lipinski definition) is 7. The van der Waals surface area contributed by atoms with Crippen LogP contribution in [0.25, 0.3) is 0 Å². The molecule has 1 aliphatic rings. The monoisotopic (exact) mass is 265 g/mol. The van der Waals surface area contributed by atoms with Gasteiger partial charge in [-0.1, -0.05) is 13.3 Å².